The van der Waals surface area contributed by atoms with Crippen LogP contribution in [0.5, 0.6) is 11.5 Å². The Bertz CT molecular complexity index is 850. The fourth-order valence-corrected chi connectivity index (χ4v) is 2.53. The molecule has 0 unspecified atom stereocenters. The van der Waals surface area contributed by atoms with Crippen LogP contribution in [-0.4, -0.2) is 26.2 Å². The molecule has 150 valence electrons. The van der Waals surface area contributed by atoms with Crippen molar-refractivity contribution >= 4 is 12.0 Å². The fourth-order valence-electron chi connectivity index (χ4n) is 2.53. The van der Waals surface area contributed by atoms with Gasteiger partial charge >= 0.3 is 6.18 Å². The SMILES string of the molecule is COc1ccc([C@@H](/C=N\OCc2cccc(C(F)(F)F)c2)C(C)=O)cc1OC. The van der Waals surface area contributed by atoms with Crippen LogP contribution in [0.4, 0.5) is 13.2 Å². The van der Waals surface area contributed by atoms with Gasteiger partial charge in [0, 0.05) is 0 Å². The largest absolute Gasteiger partial charge is 0.493 e. The van der Waals surface area contributed by atoms with Crippen LogP contribution < -0.4 is 9.47 Å². The molecule has 8 heteroatoms. The number of rotatable bonds is 8. The molecule has 0 saturated heterocycles. The highest BCUT2D eigenvalue weighted by Gasteiger charge is 2.30. The number of alkyl halides is 3. The number of ether oxygens (including phenoxy) is 2. The van der Waals surface area contributed by atoms with Crippen molar-refractivity contribution in [2.45, 2.75) is 25.6 Å². The number of hydrogen-bond acceptors (Lipinski definition) is 5. The van der Waals surface area contributed by atoms with E-state index in [0.29, 0.717) is 22.6 Å². The molecule has 0 amide bonds. The molecule has 2 aromatic carbocycles. The lowest BCUT2D eigenvalue weighted by molar-refractivity contribution is -0.137. The molecule has 0 fully saturated rings. The summed E-state index contributed by atoms with van der Waals surface area (Å²) in [7, 11) is 2.99. The Kier molecular flexibility index (Phi) is 7.03. The monoisotopic (exact) mass is 395 g/mol. The van der Waals surface area contributed by atoms with Crippen molar-refractivity contribution in [3.63, 3.8) is 0 Å². The van der Waals surface area contributed by atoms with E-state index in [-0.39, 0.29) is 12.4 Å². The number of carbonyl (C=O) groups excluding carboxylic acids is 1. The van der Waals surface area contributed by atoms with Crippen LogP contribution in [0.3, 0.4) is 0 Å². The molecule has 0 radical (unpaired) electrons. The van der Waals surface area contributed by atoms with Gasteiger partial charge in [-0.15, -0.1) is 0 Å². The maximum absolute atomic E-state index is 12.7. The molecule has 5 nitrogen and oxygen atoms in total. The zero-order chi connectivity index (χ0) is 20.7. The Morgan fingerprint density at radius 1 is 1.11 bits per heavy atom. The summed E-state index contributed by atoms with van der Waals surface area (Å²) in [5.74, 6) is 0.107. The third-order valence-electron chi connectivity index (χ3n) is 3.97. The molecule has 0 N–H and O–H groups in total. The molecule has 0 saturated carbocycles. The average molecular weight is 395 g/mol. The van der Waals surface area contributed by atoms with Gasteiger partial charge in [0.05, 0.1) is 31.9 Å². The van der Waals surface area contributed by atoms with Gasteiger partial charge in [0.1, 0.15) is 12.4 Å². The molecule has 0 bridgehead atoms. The minimum atomic E-state index is -4.42. The van der Waals surface area contributed by atoms with Crippen LogP contribution in [-0.2, 0) is 22.4 Å². The van der Waals surface area contributed by atoms with Gasteiger partial charge in [-0.05, 0) is 42.3 Å². The van der Waals surface area contributed by atoms with Crippen LogP contribution in [0, 0.1) is 0 Å². The summed E-state index contributed by atoms with van der Waals surface area (Å²) in [6.07, 6.45) is -3.12. The lowest BCUT2D eigenvalue weighted by Gasteiger charge is -2.13. The van der Waals surface area contributed by atoms with Gasteiger partial charge < -0.3 is 14.3 Å². The van der Waals surface area contributed by atoms with E-state index in [1.165, 1.54) is 39.5 Å². The summed E-state index contributed by atoms with van der Waals surface area (Å²) in [6.45, 7) is 1.25. The van der Waals surface area contributed by atoms with Crippen LogP contribution >= 0.6 is 0 Å². The van der Waals surface area contributed by atoms with Gasteiger partial charge in [-0.25, -0.2) is 0 Å². The number of oxime groups is 1. The fraction of sp³-hybridized carbons (Fsp3) is 0.300. The summed E-state index contributed by atoms with van der Waals surface area (Å²) in [4.78, 5) is 17.1. The van der Waals surface area contributed by atoms with Crippen molar-refractivity contribution in [1.29, 1.82) is 0 Å². The van der Waals surface area contributed by atoms with E-state index in [4.69, 9.17) is 14.3 Å². The Hall–Kier alpha value is -3.03. The van der Waals surface area contributed by atoms with Crippen molar-refractivity contribution in [3.8, 4) is 11.5 Å². The third kappa shape index (κ3) is 5.48. The number of benzene rings is 2. The topological polar surface area (TPSA) is 57.1 Å². The third-order valence-corrected chi connectivity index (χ3v) is 3.97. The first-order valence-electron chi connectivity index (χ1n) is 8.30. The van der Waals surface area contributed by atoms with Crippen molar-refractivity contribution < 1.29 is 32.3 Å². The standard InChI is InChI=1S/C20H20F3NO4/c1-13(25)17(15-7-8-18(26-2)19(10-15)27-3)11-24-28-12-14-5-4-6-16(9-14)20(21,22)23/h4-11,17H,12H2,1-3H3/b24-11-/t17-/m0/s1. The predicted octanol–water partition coefficient (Wildman–Crippen LogP) is 4.60. The summed E-state index contributed by atoms with van der Waals surface area (Å²) in [5, 5.41) is 3.76. The predicted molar refractivity (Wildman–Crippen MR) is 97.7 cm³/mol. The number of carbonyl (C=O) groups is 1. The number of methoxy groups -OCH3 is 2. The maximum atomic E-state index is 12.7. The normalized spacial score (nSPS) is 12.6. The lowest BCUT2D eigenvalue weighted by atomic mass is 9.96. The average Bonchev–Trinajstić information content (AvgIpc) is 2.66. The van der Waals surface area contributed by atoms with Crippen LogP contribution in [0.2, 0.25) is 0 Å². The molecule has 28 heavy (non-hydrogen) atoms. The van der Waals surface area contributed by atoms with E-state index in [1.807, 2.05) is 0 Å². The molecule has 0 heterocycles. The molecule has 0 aromatic heterocycles. The minimum absolute atomic E-state index is 0.156. The molecule has 0 aliphatic heterocycles. The molecule has 0 aliphatic carbocycles. The lowest BCUT2D eigenvalue weighted by Crippen LogP contribution is -2.11. The molecule has 0 spiro atoms. The van der Waals surface area contributed by atoms with Gasteiger partial charge in [-0.1, -0.05) is 23.4 Å². The molecule has 2 aromatic rings. The van der Waals surface area contributed by atoms with Crippen LogP contribution in [0.1, 0.15) is 29.5 Å². The number of Topliss-reactive ketones (excluding diaryl/α,β-unsaturated/α-hetero) is 1. The quantitative estimate of drug-likeness (QED) is 0.484. The second kappa shape index (κ2) is 9.25. The van der Waals surface area contributed by atoms with E-state index in [1.54, 1.807) is 18.2 Å². The number of ketones is 1. The first-order valence-corrected chi connectivity index (χ1v) is 8.30. The van der Waals surface area contributed by atoms with Crippen molar-refractivity contribution in [3.05, 3.63) is 59.2 Å². The zero-order valence-electron chi connectivity index (χ0n) is 15.6. The highest BCUT2D eigenvalue weighted by Crippen LogP contribution is 2.31. The van der Waals surface area contributed by atoms with Crippen molar-refractivity contribution in [2.24, 2.45) is 5.16 Å². The Morgan fingerprint density at radius 2 is 1.82 bits per heavy atom. The second-order valence-corrected chi connectivity index (χ2v) is 5.93. The van der Waals surface area contributed by atoms with E-state index in [2.05, 4.69) is 5.16 Å². The molecule has 2 rings (SSSR count). The van der Waals surface area contributed by atoms with E-state index in [9.17, 15) is 18.0 Å². The van der Waals surface area contributed by atoms with Gasteiger partial charge in [0.15, 0.2) is 11.5 Å². The van der Waals surface area contributed by atoms with Crippen molar-refractivity contribution in [1.82, 2.24) is 0 Å². The van der Waals surface area contributed by atoms with Crippen molar-refractivity contribution in [2.75, 3.05) is 14.2 Å². The highest BCUT2D eigenvalue weighted by atomic mass is 19.4. The Labute approximate surface area is 160 Å². The summed E-state index contributed by atoms with van der Waals surface area (Å²) < 4.78 is 48.6. The van der Waals surface area contributed by atoms with E-state index < -0.39 is 17.7 Å². The number of halogens is 3. The minimum Gasteiger partial charge on any atom is -0.493 e. The van der Waals surface area contributed by atoms with Crippen LogP contribution in [0.25, 0.3) is 0 Å². The van der Waals surface area contributed by atoms with Gasteiger partial charge in [-0.3, -0.25) is 4.79 Å². The Balaban J connectivity index is 2.09. The Morgan fingerprint density at radius 3 is 2.43 bits per heavy atom. The first kappa shape index (κ1) is 21.3. The summed E-state index contributed by atoms with van der Waals surface area (Å²) in [5.41, 5.74) is 0.179. The molecular weight excluding hydrogens is 375 g/mol. The van der Waals surface area contributed by atoms with E-state index in [0.717, 1.165) is 12.1 Å². The maximum Gasteiger partial charge on any atom is 0.416 e. The summed E-state index contributed by atoms with van der Waals surface area (Å²) in [6, 6.07) is 9.80. The summed E-state index contributed by atoms with van der Waals surface area (Å²) >= 11 is 0. The first-order chi connectivity index (χ1) is 13.3. The highest BCUT2D eigenvalue weighted by molar-refractivity contribution is 5.99. The van der Waals surface area contributed by atoms with Gasteiger partial charge in [0.25, 0.3) is 0 Å². The molecule has 0 aliphatic rings. The van der Waals surface area contributed by atoms with Gasteiger partial charge in [0.2, 0.25) is 0 Å². The van der Waals surface area contributed by atoms with Crippen LogP contribution in [0.15, 0.2) is 47.6 Å². The molecular formula is C20H20F3NO4. The molecule has 1 atom stereocenters. The number of hydrogen-bond donors (Lipinski definition) is 0. The smallest absolute Gasteiger partial charge is 0.416 e. The van der Waals surface area contributed by atoms with E-state index >= 15 is 0 Å². The zero-order valence-corrected chi connectivity index (χ0v) is 15.6. The second-order valence-electron chi connectivity index (χ2n) is 5.93. The number of nitrogens with zero attached hydrogens (tertiary/aromatic N) is 1. The van der Waals surface area contributed by atoms with Gasteiger partial charge in [-0.2, -0.15) is 13.2 Å².